The molecule has 0 aliphatic rings. The average molecular weight is 247 g/mol. The van der Waals surface area contributed by atoms with Crippen molar-refractivity contribution in [3.05, 3.63) is 30.1 Å². The predicted molar refractivity (Wildman–Crippen MR) is 73.6 cm³/mol. The Kier molecular flexibility index (Phi) is 4.33. The van der Waals surface area contributed by atoms with E-state index in [9.17, 15) is 0 Å². The molecule has 98 valence electrons. The van der Waals surface area contributed by atoms with Crippen LogP contribution in [-0.2, 0) is 4.74 Å². The quantitative estimate of drug-likeness (QED) is 0.825. The molecule has 2 unspecified atom stereocenters. The molecule has 0 radical (unpaired) electrons. The molecule has 2 atom stereocenters. The summed E-state index contributed by atoms with van der Waals surface area (Å²) in [6.45, 7) is 7.72. The molecule has 2 rings (SSSR count). The molecule has 0 saturated carbocycles. The molecule has 4 nitrogen and oxygen atoms in total. The van der Waals surface area contributed by atoms with Crippen LogP contribution in [0.25, 0.3) is 11.0 Å². The van der Waals surface area contributed by atoms with Gasteiger partial charge in [0.05, 0.1) is 23.7 Å². The lowest BCUT2D eigenvalue weighted by Gasteiger charge is -2.18. The summed E-state index contributed by atoms with van der Waals surface area (Å²) < 4.78 is 5.40. The minimum absolute atomic E-state index is 0.188. The van der Waals surface area contributed by atoms with E-state index in [1.54, 1.807) is 0 Å². The third-order valence-corrected chi connectivity index (χ3v) is 2.92. The molecular formula is C14H21N3O. The molecule has 0 bridgehead atoms. The van der Waals surface area contributed by atoms with Gasteiger partial charge in [0, 0.05) is 12.6 Å². The molecule has 18 heavy (non-hydrogen) atoms. The Morgan fingerprint density at radius 1 is 1.33 bits per heavy atom. The first kappa shape index (κ1) is 13.1. The minimum atomic E-state index is 0.188. The summed E-state index contributed by atoms with van der Waals surface area (Å²) in [5.74, 6) is 0.972. The van der Waals surface area contributed by atoms with Crippen molar-refractivity contribution in [3.63, 3.8) is 0 Å². The van der Waals surface area contributed by atoms with Gasteiger partial charge < -0.3 is 15.0 Å². The summed E-state index contributed by atoms with van der Waals surface area (Å²) in [7, 11) is 0. The summed E-state index contributed by atoms with van der Waals surface area (Å²) in [5, 5.41) is 3.47. The van der Waals surface area contributed by atoms with Crippen molar-refractivity contribution in [1.29, 1.82) is 0 Å². The Labute approximate surface area is 108 Å². The number of H-pyrrole nitrogens is 1. The Bertz CT molecular complexity index is 461. The first-order valence-corrected chi connectivity index (χ1v) is 6.49. The molecule has 0 aliphatic carbocycles. The van der Waals surface area contributed by atoms with E-state index >= 15 is 0 Å². The highest BCUT2D eigenvalue weighted by molar-refractivity contribution is 5.74. The summed E-state index contributed by atoms with van der Waals surface area (Å²) in [6, 6.07) is 8.58. The lowest BCUT2D eigenvalue weighted by molar-refractivity contribution is 0.124. The standard InChI is InChI=1S/C14H21N3O/c1-4-18-9-10(2)15-11(3)14-16-12-7-5-6-8-13(12)17-14/h5-8,10-11,15H,4,9H2,1-3H3,(H,16,17). The van der Waals surface area contributed by atoms with Crippen molar-refractivity contribution >= 4 is 11.0 Å². The van der Waals surface area contributed by atoms with Gasteiger partial charge in [0.2, 0.25) is 0 Å². The highest BCUT2D eigenvalue weighted by Crippen LogP contribution is 2.15. The van der Waals surface area contributed by atoms with Gasteiger partial charge in [0.1, 0.15) is 5.82 Å². The van der Waals surface area contributed by atoms with Gasteiger partial charge in [0.25, 0.3) is 0 Å². The van der Waals surface area contributed by atoms with E-state index in [1.165, 1.54) is 0 Å². The zero-order chi connectivity index (χ0) is 13.0. The first-order chi connectivity index (χ1) is 8.70. The van der Waals surface area contributed by atoms with Crippen LogP contribution in [0.3, 0.4) is 0 Å². The van der Waals surface area contributed by atoms with Crippen LogP contribution in [0.5, 0.6) is 0 Å². The Hall–Kier alpha value is -1.39. The van der Waals surface area contributed by atoms with E-state index in [1.807, 2.05) is 31.2 Å². The summed E-state index contributed by atoms with van der Waals surface area (Å²) in [6.07, 6.45) is 0. The molecule has 0 aliphatic heterocycles. The number of para-hydroxylation sites is 2. The molecule has 2 N–H and O–H groups in total. The Balaban J connectivity index is 2.01. The lowest BCUT2D eigenvalue weighted by atomic mass is 10.2. The van der Waals surface area contributed by atoms with Crippen LogP contribution in [0.15, 0.2) is 24.3 Å². The molecule has 1 aromatic carbocycles. The fourth-order valence-corrected chi connectivity index (χ4v) is 2.03. The second kappa shape index (κ2) is 5.98. The monoisotopic (exact) mass is 247 g/mol. The smallest absolute Gasteiger partial charge is 0.124 e. The predicted octanol–water partition coefficient (Wildman–Crippen LogP) is 2.64. The molecule has 2 aromatic rings. The van der Waals surface area contributed by atoms with E-state index in [4.69, 9.17) is 4.74 Å². The van der Waals surface area contributed by atoms with Crippen molar-refractivity contribution in [2.24, 2.45) is 0 Å². The number of aromatic amines is 1. The SMILES string of the molecule is CCOCC(C)NC(C)c1nc2ccccc2[nH]1. The van der Waals surface area contributed by atoms with Gasteiger partial charge in [-0.2, -0.15) is 0 Å². The topological polar surface area (TPSA) is 49.9 Å². The van der Waals surface area contributed by atoms with E-state index < -0.39 is 0 Å². The van der Waals surface area contributed by atoms with E-state index in [0.29, 0.717) is 6.04 Å². The number of nitrogens with zero attached hydrogens (tertiary/aromatic N) is 1. The van der Waals surface area contributed by atoms with Gasteiger partial charge in [-0.3, -0.25) is 0 Å². The highest BCUT2D eigenvalue weighted by atomic mass is 16.5. The van der Waals surface area contributed by atoms with Crippen molar-refractivity contribution < 1.29 is 4.74 Å². The van der Waals surface area contributed by atoms with E-state index in [2.05, 4.69) is 29.1 Å². The second-order valence-electron chi connectivity index (χ2n) is 4.59. The van der Waals surface area contributed by atoms with Crippen LogP contribution in [0.4, 0.5) is 0 Å². The van der Waals surface area contributed by atoms with Crippen LogP contribution in [0, 0.1) is 0 Å². The lowest BCUT2D eigenvalue weighted by Crippen LogP contribution is -2.33. The fourth-order valence-electron chi connectivity index (χ4n) is 2.03. The molecule has 4 heteroatoms. The normalized spacial score (nSPS) is 14.8. The van der Waals surface area contributed by atoms with Crippen molar-refractivity contribution in [1.82, 2.24) is 15.3 Å². The summed E-state index contributed by atoms with van der Waals surface area (Å²) in [4.78, 5) is 7.93. The maximum atomic E-state index is 5.40. The van der Waals surface area contributed by atoms with Gasteiger partial charge in [-0.1, -0.05) is 12.1 Å². The van der Waals surface area contributed by atoms with Gasteiger partial charge in [0.15, 0.2) is 0 Å². The molecule has 0 spiro atoms. The summed E-state index contributed by atoms with van der Waals surface area (Å²) >= 11 is 0. The largest absolute Gasteiger partial charge is 0.380 e. The third-order valence-electron chi connectivity index (χ3n) is 2.92. The number of nitrogens with one attached hydrogen (secondary N) is 2. The number of ether oxygens (including phenoxy) is 1. The molecule has 1 aromatic heterocycles. The number of benzene rings is 1. The summed E-state index contributed by atoms with van der Waals surface area (Å²) in [5.41, 5.74) is 2.09. The zero-order valence-corrected chi connectivity index (χ0v) is 11.2. The maximum absolute atomic E-state index is 5.40. The van der Waals surface area contributed by atoms with Gasteiger partial charge in [-0.15, -0.1) is 0 Å². The van der Waals surface area contributed by atoms with Crippen LogP contribution >= 0.6 is 0 Å². The van der Waals surface area contributed by atoms with Crippen molar-refractivity contribution in [2.45, 2.75) is 32.9 Å². The number of imidazole rings is 1. The van der Waals surface area contributed by atoms with Crippen LogP contribution < -0.4 is 5.32 Å². The molecular weight excluding hydrogens is 226 g/mol. The van der Waals surface area contributed by atoms with Crippen molar-refractivity contribution in [2.75, 3.05) is 13.2 Å². The number of rotatable bonds is 6. The Morgan fingerprint density at radius 2 is 2.11 bits per heavy atom. The second-order valence-corrected chi connectivity index (χ2v) is 4.59. The van der Waals surface area contributed by atoms with Gasteiger partial charge in [-0.05, 0) is 32.9 Å². The fraction of sp³-hybridized carbons (Fsp3) is 0.500. The number of hydrogen-bond acceptors (Lipinski definition) is 3. The van der Waals surface area contributed by atoms with E-state index in [-0.39, 0.29) is 6.04 Å². The third kappa shape index (κ3) is 3.09. The van der Waals surface area contributed by atoms with Crippen molar-refractivity contribution in [3.8, 4) is 0 Å². The first-order valence-electron chi connectivity index (χ1n) is 6.49. The molecule has 1 heterocycles. The number of hydrogen-bond donors (Lipinski definition) is 2. The van der Waals surface area contributed by atoms with Gasteiger partial charge in [-0.25, -0.2) is 4.98 Å². The Morgan fingerprint density at radius 3 is 2.83 bits per heavy atom. The molecule has 0 amide bonds. The zero-order valence-electron chi connectivity index (χ0n) is 11.2. The number of aromatic nitrogens is 2. The van der Waals surface area contributed by atoms with Crippen LogP contribution in [-0.4, -0.2) is 29.2 Å². The average Bonchev–Trinajstić information content (AvgIpc) is 2.80. The van der Waals surface area contributed by atoms with Gasteiger partial charge >= 0.3 is 0 Å². The molecule has 0 saturated heterocycles. The highest BCUT2D eigenvalue weighted by Gasteiger charge is 2.13. The van der Waals surface area contributed by atoms with Crippen LogP contribution in [0.1, 0.15) is 32.6 Å². The minimum Gasteiger partial charge on any atom is -0.380 e. The molecule has 0 fully saturated rings. The van der Waals surface area contributed by atoms with E-state index in [0.717, 1.165) is 30.1 Å². The van der Waals surface area contributed by atoms with Crippen LogP contribution in [0.2, 0.25) is 0 Å². The number of fused-ring (bicyclic) bond motifs is 1. The maximum Gasteiger partial charge on any atom is 0.124 e.